The summed E-state index contributed by atoms with van der Waals surface area (Å²) in [5.41, 5.74) is 2.69. The van der Waals surface area contributed by atoms with Crippen molar-refractivity contribution in [3.63, 3.8) is 0 Å². The molecule has 31 heavy (non-hydrogen) atoms. The van der Waals surface area contributed by atoms with E-state index in [2.05, 4.69) is 10.3 Å². The van der Waals surface area contributed by atoms with Crippen LogP contribution in [0.15, 0.2) is 41.9 Å². The zero-order chi connectivity index (χ0) is 22.5. The molecule has 1 N–H and O–H groups in total. The van der Waals surface area contributed by atoms with Crippen molar-refractivity contribution in [1.29, 1.82) is 0 Å². The summed E-state index contributed by atoms with van der Waals surface area (Å²) in [6.07, 6.45) is 1.56. The number of aryl methyl sites for hydroxylation is 1. The van der Waals surface area contributed by atoms with Gasteiger partial charge >= 0.3 is 5.97 Å². The average Bonchev–Trinajstić information content (AvgIpc) is 3.33. The maximum Gasteiger partial charge on any atom is 0.308 e. The predicted octanol–water partition coefficient (Wildman–Crippen LogP) is 4.20. The van der Waals surface area contributed by atoms with Gasteiger partial charge in [0.2, 0.25) is 11.7 Å². The summed E-state index contributed by atoms with van der Waals surface area (Å²) >= 11 is 7.67. The lowest BCUT2D eigenvalue weighted by Crippen LogP contribution is -2.29. The number of esters is 1. The number of rotatable bonds is 8. The maximum absolute atomic E-state index is 12.7. The zero-order valence-corrected chi connectivity index (χ0v) is 18.9. The molecule has 0 aliphatic heterocycles. The number of carbonyl (C=O) groups excluding carboxylic acids is 3. The number of nitrogens with zero attached hydrogens (tertiary/aromatic N) is 2. The molecule has 7 nitrogen and oxygen atoms in total. The van der Waals surface area contributed by atoms with E-state index in [-0.39, 0.29) is 18.1 Å². The van der Waals surface area contributed by atoms with Crippen LogP contribution in [0.4, 0.5) is 0 Å². The van der Waals surface area contributed by atoms with Gasteiger partial charge in [-0.25, -0.2) is 4.98 Å². The molecule has 0 fully saturated rings. The molecule has 1 amide bonds. The van der Waals surface area contributed by atoms with E-state index in [1.165, 1.54) is 18.3 Å². The van der Waals surface area contributed by atoms with E-state index >= 15 is 0 Å². The van der Waals surface area contributed by atoms with Crippen LogP contribution in [0.1, 0.15) is 46.7 Å². The minimum Gasteiger partial charge on any atom is -0.457 e. The fourth-order valence-electron chi connectivity index (χ4n) is 3.36. The predicted molar refractivity (Wildman–Crippen MR) is 119 cm³/mol. The average molecular weight is 460 g/mol. The highest BCUT2D eigenvalue weighted by atomic mass is 35.5. The van der Waals surface area contributed by atoms with E-state index in [0.717, 1.165) is 16.5 Å². The van der Waals surface area contributed by atoms with Gasteiger partial charge in [0.05, 0.1) is 12.5 Å². The van der Waals surface area contributed by atoms with E-state index < -0.39 is 18.6 Å². The standard InChI is InChI=1S/C22H22ClN3O4S/c1-13-10-17(14(2)26(13)22-24-8-9-31-22)20(28)12-30-21(29)11-19(25-15(3)27)16-6-4-5-7-18(16)23/h4-10,19H,11-12H2,1-3H3,(H,25,27)/t19-/m0/s1. The lowest BCUT2D eigenvalue weighted by atomic mass is 10.0. The van der Waals surface area contributed by atoms with E-state index in [9.17, 15) is 14.4 Å². The van der Waals surface area contributed by atoms with Crippen LogP contribution in [-0.2, 0) is 14.3 Å². The van der Waals surface area contributed by atoms with Crippen LogP contribution in [0.2, 0.25) is 5.02 Å². The third-order valence-corrected chi connectivity index (χ3v) is 5.84. The van der Waals surface area contributed by atoms with Crippen LogP contribution in [-0.4, -0.2) is 33.8 Å². The fraction of sp³-hybridized carbons (Fsp3) is 0.273. The summed E-state index contributed by atoms with van der Waals surface area (Å²) in [5.74, 6) is -1.22. The number of ketones is 1. The Morgan fingerprint density at radius 2 is 2.00 bits per heavy atom. The van der Waals surface area contributed by atoms with Gasteiger partial charge in [-0.3, -0.25) is 19.0 Å². The Kier molecular flexibility index (Phi) is 7.25. The van der Waals surface area contributed by atoms with E-state index in [4.69, 9.17) is 16.3 Å². The number of aromatic nitrogens is 2. The van der Waals surface area contributed by atoms with Crippen LogP contribution in [0, 0.1) is 13.8 Å². The number of hydrogen-bond acceptors (Lipinski definition) is 6. The fourth-order valence-corrected chi connectivity index (χ4v) is 4.38. The molecule has 0 saturated heterocycles. The largest absolute Gasteiger partial charge is 0.457 e. The number of benzene rings is 1. The molecule has 9 heteroatoms. The molecule has 0 spiro atoms. The summed E-state index contributed by atoms with van der Waals surface area (Å²) in [7, 11) is 0. The summed E-state index contributed by atoms with van der Waals surface area (Å²) in [6.45, 7) is 4.68. The number of nitrogens with one attached hydrogen (secondary N) is 1. The summed E-state index contributed by atoms with van der Waals surface area (Å²) in [4.78, 5) is 41.0. The number of thiazole rings is 1. The van der Waals surface area contributed by atoms with Crippen molar-refractivity contribution in [2.75, 3.05) is 6.61 Å². The van der Waals surface area contributed by atoms with Crippen LogP contribution >= 0.6 is 22.9 Å². The summed E-state index contributed by atoms with van der Waals surface area (Å²) < 4.78 is 7.11. The molecular weight excluding hydrogens is 438 g/mol. The molecule has 2 aromatic heterocycles. The van der Waals surface area contributed by atoms with E-state index in [1.54, 1.807) is 36.5 Å². The highest BCUT2D eigenvalue weighted by molar-refractivity contribution is 7.12. The summed E-state index contributed by atoms with van der Waals surface area (Å²) in [6, 6.07) is 8.05. The number of amides is 1. The first-order chi connectivity index (χ1) is 14.8. The van der Waals surface area contributed by atoms with Gasteiger partial charge in [-0.05, 0) is 31.5 Å². The van der Waals surface area contributed by atoms with Gasteiger partial charge < -0.3 is 10.1 Å². The molecule has 0 radical (unpaired) electrons. The first kappa shape index (κ1) is 22.7. The van der Waals surface area contributed by atoms with Crippen molar-refractivity contribution >= 4 is 40.6 Å². The van der Waals surface area contributed by atoms with Crippen molar-refractivity contribution in [1.82, 2.24) is 14.9 Å². The molecule has 0 unspecified atom stereocenters. The lowest BCUT2D eigenvalue weighted by molar-refractivity contribution is -0.143. The number of hydrogen-bond donors (Lipinski definition) is 1. The van der Waals surface area contributed by atoms with E-state index in [1.807, 2.05) is 23.8 Å². The smallest absolute Gasteiger partial charge is 0.308 e. The van der Waals surface area contributed by atoms with Crippen LogP contribution in [0.3, 0.4) is 0 Å². The Morgan fingerprint density at radius 3 is 2.65 bits per heavy atom. The molecule has 3 aromatic rings. The van der Waals surface area contributed by atoms with Crippen LogP contribution < -0.4 is 5.32 Å². The van der Waals surface area contributed by atoms with Crippen molar-refractivity contribution < 1.29 is 19.1 Å². The van der Waals surface area contributed by atoms with Gasteiger partial charge in [-0.15, -0.1) is 11.3 Å². The first-order valence-electron chi connectivity index (χ1n) is 9.57. The lowest BCUT2D eigenvalue weighted by Gasteiger charge is -2.18. The Balaban J connectivity index is 1.67. The quantitative estimate of drug-likeness (QED) is 0.402. The number of halogens is 1. The summed E-state index contributed by atoms with van der Waals surface area (Å²) in [5, 5.41) is 5.77. The number of Topliss-reactive ketones (excluding diaryl/α,β-unsaturated/α-hetero) is 1. The second kappa shape index (κ2) is 9.89. The minimum absolute atomic E-state index is 0.144. The van der Waals surface area contributed by atoms with Gasteiger partial charge in [-0.2, -0.15) is 0 Å². The Hall–Kier alpha value is -2.97. The molecule has 0 aliphatic carbocycles. The van der Waals surface area contributed by atoms with Gasteiger partial charge in [0.1, 0.15) is 0 Å². The van der Waals surface area contributed by atoms with Gasteiger partial charge in [0, 0.05) is 40.5 Å². The molecule has 0 aliphatic rings. The van der Waals surface area contributed by atoms with Gasteiger partial charge in [-0.1, -0.05) is 29.8 Å². The second-order valence-electron chi connectivity index (χ2n) is 7.00. The highest BCUT2D eigenvalue weighted by Gasteiger charge is 2.22. The third kappa shape index (κ3) is 5.39. The van der Waals surface area contributed by atoms with Crippen LogP contribution in [0.25, 0.3) is 5.13 Å². The number of ether oxygens (including phenoxy) is 1. The first-order valence-corrected chi connectivity index (χ1v) is 10.8. The van der Waals surface area contributed by atoms with Gasteiger partial charge in [0.15, 0.2) is 11.7 Å². The molecule has 0 saturated carbocycles. The third-order valence-electron chi connectivity index (χ3n) is 4.74. The van der Waals surface area contributed by atoms with E-state index in [0.29, 0.717) is 16.1 Å². The number of carbonyl (C=O) groups is 3. The van der Waals surface area contributed by atoms with Crippen molar-refractivity contribution in [2.45, 2.75) is 33.2 Å². The molecule has 3 rings (SSSR count). The molecule has 1 atom stereocenters. The highest BCUT2D eigenvalue weighted by Crippen LogP contribution is 2.26. The molecule has 0 bridgehead atoms. The zero-order valence-electron chi connectivity index (χ0n) is 17.3. The second-order valence-corrected chi connectivity index (χ2v) is 8.28. The SMILES string of the molecule is CC(=O)N[C@@H](CC(=O)OCC(=O)c1cc(C)n(-c2nccs2)c1C)c1ccccc1Cl. The molecule has 1 aromatic carbocycles. The monoisotopic (exact) mass is 459 g/mol. The Bertz CT molecular complexity index is 1110. The minimum atomic E-state index is -0.649. The topological polar surface area (TPSA) is 90.3 Å². The van der Waals surface area contributed by atoms with Crippen LogP contribution in [0.5, 0.6) is 0 Å². The molecule has 162 valence electrons. The Labute approximate surface area is 189 Å². The molecular formula is C22H22ClN3O4S. The maximum atomic E-state index is 12.7. The van der Waals surface area contributed by atoms with Gasteiger partial charge in [0.25, 0.3) is 0 Å². The van der Waals surface area contributed by atoms with Crippen molar-refractivity contribution in [3.05, 3.63) is 69.4 Å². The Morgan fingerprint density at radius 1 is 1.26 bits per heavy atom. The normalized spacial score (nSPS) is 11.7. The van der Waals surface area contributed by atoms with Crippen molar-refractivity contribution in [2.24, 2.45) is 0 Å². The van der Waals surface area contributed by atoms with Crippen molar-refractivity contribution in [3.8, 4) is 5.13 Å². The molecule has 2 heterocycles.